The Morgan fingerprint density at radius 1 is 1.47 bits per heavy atom. The molecule has 0 aromatic carbocycles. The Kier molecular flexibility index (Phi) is 3.24. The van der Waals surface area contributed by atoms with Crippen molar-refractivity contribution in [1.82, 2.24) is 4.98 Å². The van der Waals surface area contributed by atoms with Gasteiger partial charge in [-0.2, -0.15) is 13.2 Å². The highest BCUT2D eigenvalue weighted by Gasteiger charge is 2.34. The van der Waals surface area contributed by atoms with Crippen LogP contribution in [0.25, 0.3) is 0 Å². The summed E-state index contributed by atoms with van der Waals surface area (Å²) in [5.41, 5.74) is -1.39. The van der Waals surface area contributed by atoms with E-state index in [4.69, 9.17) is 0 Å². The van der Waals surface area contributed by atoms with Crippen molar-refractivity contribution in [1.29, 1.82) is 0 Å². The van der Waals surface area contributed by atoms with E-state index in [0.717, 1.165) is 24.5 Å². The van der Waals surface area contributed by atoms with Gasteiger partial charge < -0.3 is 0 Å². The first-order valence-electron chi connectivity index (χ1n) is 4.15. The van der Waals surface area contributed by atoms with E-state index in [1.165, 1.54) is 6.08 Å². The SMILES string of the molecule is C/C=C/C(=O)c1cnccc1C(F)(F)F. The molecule has 80 valence electrons. The lowest BCUT2D eigenvalue weighted by Crippen LogP contribution is -2.12. The topological polar surface area (TPSA) is 30.0 Å². The van der Waals surface area contributed by atoms with Gasteiger partial charge in [-0.15, -0.1) is 0 Å². The Hall–Kier alpha value is -1.65. The van der Waals surface area contributed by atoms with Crippen LogP contribution in [0.4, 0.5) is 13.2 Å². The molecule has 0 unspecified atom stereocenters. The number of ketones is 1. The van der Waals surface area contributed by atoms with E-state index in [0.29, 0.717) is 0 Å². The molecule has 5 heteroatoms. The smallest absolute Gasteiger partial charge is 0.289 e. The van der Waals surface area contributed by atoms with Crippen LogP contribution in [0.5, 0.6) is 0 Å². The zero-order chi connectivity index (χ0) is 11.5. The summed E-state index contributed by atoms with van der Waals surface area (Å²) in [5.74, 6) is -0.696. The van der Waals surface area contributed by atoms with Crippen LogP contribution in [0.2, 0.25) is 0 Å². The fourth-order valence-corrected chi connectivity index (χ4v) is 1.08. The normalized spacial score (nSPS) is 12.0. The minimum Gasteiger partial charge on any atom is -0.289 e. The number of aromatic nitrogens is 1. The predicted molar refractivity (Wildman–Crippen MR) is 48.4 cm³/mol. The van der Waals surface area contributed by atoms with Gasteiger partial charge in [0, 0.05) is 12.4 Å². The molecule has 1 aromatic heterocycles. The zero-order valence-electron chi connectivity index (χ0n) is 7.88. The Morgan fingerprint density at radius 2 is 2.13 bits per heavy atom. The van der Waals surface area contributed by atoms with Crippen molar-refractivity contribution < 1.29 is 18.0 Å². The van der Waals surface area contributed by atoms with Crippen molar-refractivity contribution in [2.45, 2.75) is 13.1 Å². The van der Waals surface area contributed by atoms with Crippen molar-refractivity contribution in [3.8, 4) is 0 Å². The Morgan fingerprint density at radius 3 is 2.67 bits per heavy atom. The second-order valence-electron chi connectivity index (χ2n) is 2.78. The standard InChI is InChI=1S/C10H8F3NO/c1-2-3-9(15)7-6-14-5-4-8(7)10(11,12)13/h2-6H,1H3/b3-2+. The molecule has 0 saturated heterocycles. The number of allylic oxidation sites excluding steroid dienone is 2. The molecule has 0 saturated carbocycles. The lowest BCUT2D eigenvalue weighted by molar-refractivity contribution is -0.137. The van der Waals surface area contributed by atoms with Gasteiger partial charge in [0.05, 0.1) is 11.1 Å². The maximum atomic E-state index is 12.4. The van der Waals surface area contributed by atoms with Gasteiger partial charge in [0.15, 0.2) is 5.78 Å². The Bertz CT molecular complexity index is 396. The third-order valence-corrected chi connectivity index (χ3v) is 1.71. The summed E-state index contributed by atoms with van der Waals surface area (Å²) < 4.78 is 37.3. The van der Waals surface area contributed by atoms with Crippen molar-refractivity contribution in [2.24, 2.45) is 0 Å². The largest absolute Gasteiger partial charge is 0.417 e. The number of halogens is 3. The zero-order valence-corrected chi connectivity index (χ0v) is 7.88. The molecule has 15 heavy (non-hydrogen) atoms. The molecule has 0 bridgehead atoms. The van der Waals surface area contributed by atoms with Gasteiger partial charge in [-0.1, -0.05) is 6.08 Å². The highest BCUT2D eigenvalue weighted by Crippen LogP contribution is 2.31. The maximum absolute atomic E-state index is 12.4. The van der Waals surface area contributed by atoms with E-state index in [-0.39, 0.29) is 0 Å². The average molecular weight is 215 g/mol. The molecule has 0 aliphatic rings. The second kappa shape index (κ2) is 4.25. The highest BCUT2D eigenvalue weighted by molar-refractivity contribution is 6.05. The minimum atomic E-state index is -4.53. The van der Waals surface area contributed by atoms with E-state index in [9.17, 15) is 18.0 Å². The predicted octanol–water partition coefficient (Wildman–Crippen LogP) is 2.86. The van der Waals surface area contributed by atoms with E-state index in [1.54, 1.807) is 6.92 Å². The van der Waals surface area contributed by atoms with Crippen LogP contribution < -0.4 is 0 Å². The average Bonchev–Trinajstić information content (AvgIpc) is 2.17. The van der Waals surface area contributed by atoms with Crippen LogP contribution in [0.15, 0.2) is 30.6 Å². The number of hydrogen-bond acceptors (Lipinski definition) is 2. The van der Waals surface area contributed by atoms with Gasteiger partial charge in [0.25, 0.3) is 0 Å². The molecule has 0 fully saturated rings. The second-order valence-corrected chi connectivity index (χ2v) is 2.78. The first-order valence-corrected chi connectivity index (χ1v) is 4.15. The number of hydrogen-bond donors (Lipinski definition) is 0. The summed E-state index contributed by atoms with van der Waals surface area (Å²) in [6, 6.07) is 0.788. The van der Waals surface area contributed by atoms with Crippen LogP contribution in [0.1, 0.15) is 22.8 Å². The maximum Gasteiger partial charge on any atom is 0.417 e. The van der Waals surface area contributed by atoms with Gasteiger partial charge in [-0.25, -0.2) is 0 Å². The quantitative estimate of drug-likeness (QED) is 0.560. The van der Waals surface area contributed by atoms with Crippen molar-refractivity contribution >= 4 is 5.78 Å². The minimum absolute atomic E-state index is 0.428. The number of alkyl halides is 3. The molecule has 0 aliphatic heterocycles. The lowest BCUT2D eigenvalue weighted by Gasteiger charge is -2.09. The van der Waals surface area contributed by atoms with E-state index in [2.05, 4.69) is 4.98 Å². The third-order valence-electron chi connectivity index (χ3n) is 1.71. The number of nitrogens with zero attached hydrogens (tertiary/aromatic N) is 1. The highest BCUT2D eigenvalue weighted by atomic mass is 19.4. The summed E-state index contributed by atoms with van der Waals surface area (Å²) in [4.78, 5) is 14.8. The summed E-state index contributed by atoms with van der Waals surface area (Å²) in [6.07, 6.45) is -0.141. The first-order chi connectivity index (χ1) is 6.96. The molecule has 1 rings (SSSR count). The fourth-order valence-electron chi connectivity index (χ4n) is 1.08. The molecule has 0 spiro atoms. The summed E-state index contributed by atoms with van der Waals surface area (Å²) >= 11 is 0. The van der Waals surface area contributed by atoms with Gasteiger partial charge in [0.2, 0.25) is 0 Å². The van der Waals surface area contributed by atoms with E-state index >= 15 is 0 Å². The number of pyridine rings is 1. The van der Waals surface area contributed by atoms with Crippen molar-refractivity contribution in [2.75, 3.05) is 0 Å². The monoisotopic (exact) mass is 215 g/mol. The van der Waals surface area contributed by atoms with Crippen LogP contribution in [-0.2, 0) is 6.18 Å². The number of rotatable bonds is 2. The lowest BCUT2D eigenvalue weighted by atomic mass is 10.1. The molecule has 1 aromatic rings. The fraction of sp³-hybridized carbons (Fsp3) is 0.200. The molecule has 0 N–H and O–H groups in total. The van der Waals surface area contributed by atoms with E-state index < -0.39 is 23.1 Å². The molecular weight excluding hydrogens is 207 g/mol. The van der Waals surface area contributed by atoms with Gasteiger partial charge >= 0.3 is 6.18 Å². The summed E-state index contributed by atoms with van der Waals surface area (Å²) in [6.45, 7) is 1.56. The third kappa shape index (κ3) is 2.65. The molecule has 0 amide bonds. The summed E-state index contributed by atoms with van der Waals surface area (Å²) in [5, 5.41) is 0. The molecule has 2 nitrogen and oxygen atoms in total. The van der Waals surface area contributed by atoms with Crippen LogP contribution in [0, 0.1) is 0 Å². The van der Waals surface area contributed by atoms with Gasteiger partial charge in [0.1, 0.15) is 0 Å². The molecule has 0 radical (unpaired) electrons. The number of carbonyl (C=O) groups excluding carboxylic acids is 1. The van der Waals surface area contributed by atoms with Crippen LogP contribution in [0.3, 0.4) is 0 Å². The molecule has 0 aliphatic carbocycles. The van der Waals surface area contributed by atoms with Gasteiger partial charge in [-0.3, -0.25) is 9.78 Å². The number of carbonyl (C=O) groups is 1. The van der Waals surface area contributed by atoms with E-state index in [1.807, 2.05) is 0 Å². The first kappa shape index (κ1) is 11.4. The molecule has 1 heterocycles. The van der Waals surface area contributed by atoms with Crippen LogP contribution in [-0.4, -0.2) is 10.8 Å². The van der Waals surface area contributed by atoms with Crippen molar-refractivity contribution in [3.63, 3.8) is 0 Å². The summed E-state index contributed by atoms with van der Waals surface area (Å²) in [7, 11) is 0. The Balaban J connectivity index is 3.24. The van der Waals surface area contributed by atoms with Gasteiger partial charge in [-0.05, 0) is 19.1 Å². The van der Waals surface area contributed by atoms with Crippen LogP contribution >= 0.6 is 0 Å². The Labute approximate surface area is 84.4 Å². The molecular formula is C10H8F3NO. The molecule has 0 atom stereocenters. The van der Waals surface area contributed by atoms with Crippen molar-refractivity contribution in [3.05, 3.63) is 41.7 Å².